The van der Waals surface area contributed by atoms with Crippen LogP contribution >= 0.6 is 34.8 Å². The number of phenols is 1. The molecule has 1 amide bonds. The van der Waals surface area contributed by atoms with Gasteiger partial charge >= 0.3 is 0 Å². The second kappa shape index (κ2) is 14.8. The summed E-state index contributed by atoms with van der Waals surface area (Å²) in [5, 5.41) is 24.5. The molecule has 1 unspecified atom stereocenters. The summed E-state index contributed by atoms with van der Waals surface area (Å²) in [7, 11) is 0. The molecule has 1 fully saturated rings. The first-order valence-corrected chi connectivity index (χ1v) is 14.5. The third-order valence-electron chi connectivity index (χ3n) is 6.94. The van der Waals surface area contributed by atoms with Gasteiger partial charge in [-0.25, -0.2) is 0 Å². The number of phenolic OH excluding ortho intramolecular Hbond substituents is 1. The van der Waals surface area contributed by atoms with E-state index in [1.165, 1.54) is 0 Å². The van der Waals surface area contributed by atoms with Gasteiger partial charge in [-0.05, 0) is 54.8 Å². The molecule has 218 valence electrons. The first-order chi connectivity index (χ1) is 19.8. The van der Waals surface area contributed by atoms with Crippen LogP contribution in [0, 0.1) is 0 Å². The van der Waals surface area contributed by atoms with Crippen LogP contribution in [0.4, 0.5) is 0 Å². The standard InChI is InChI=1S/C30H33Cl3N4O4/c31-21-5-2-6-22(32)28(21)29(24(34)18-38)26-17-19(16-25(36-26)20-4-1-7-23(33)30(20)40)8-9-27(39)35-10-12-37-11-3-14-41-15-13-37/h1-2,4-7,16-18,29,38,40H,3,8-15,34H2,(H,35,39)/b24-18-. The zero-order valence-corrected chi connectivity index (χ0v) is 24.7. The van der Waals surface area contributed by atoms with Crippen LogP contribution in [-0.2, 0) is 16.0 Å². The number of aromatic hydroxyl groups is 1. The molecule has 1 atom stereocenters. The summed E-state index contributed by atoms with van der Waals surface area (Å²) in [6, 6.07) is 13.6. The molecule has 11 heteroatoms. The van der Waals surface area contributed by atoms with Crippen molar-refractivity contribution in [2.75, 3.05) is 39.4 Å². The van der Waals surface area contributed by atoms with Crippen molar-refractivity contribution >= 4 is 40.7 Å². The number of aliphatic hydroxyl groups excluding tert-OH is 1. The molecule has 1 aliphatic rings. The number of allylic oxidation sites excluding steroid dienone is 1. The summed E-state index contributed by atoms with van der Waals surface area (Å²) in [4.78, 5) is 19.8. The van der Waals surface area contributed by atoms with Crippen molar-refractivity contribution in [3.8, 4) is 17.0 Å². The molecule has 1 aliphatic heterocycles. The molecule has 2 heterocycles. The number of halogens is 3. The summed E-state index contributed by atoms with van der Waals surface area (Å²) < 4.78 is 5.49. The molecule has 0 aliphatic carbocycles. The fourth-order valence-corrected chi connectivity index (χ4v) is 5.62. The molecule has 1 aromatic heterocycles. The molecule has 2 aromatic carbocycles. The normalized spacial score (nSPS) is 15.3. The van der Waals surface area contributed by atoms with E-state index in [0.29, 0.717) is 52.1 Å². The molecule has 0 bridgehead atoms. The van der Waals surface area contributed by atoms with Gasteiger partial charge in [0.1, 0.15) is 5.75 Å². The number of carbonyl (C=O) groups excluding carboxylic acids is 1. The Labute approximate surface area is 254 Å². The van der Waals surface area contributed by atoms with Crippen molar-refractivity contribution in [1.82, 2.24) is 15.2 Å². The molecule has 4 rings (SSSR count). The Hall–Kier alpha value is -3.01. The monoisotopic (exact) mass is 618 g/mol. The largest absolute Gasteiger partial charge is 0.514 e. The van der Waals surface area contributed by atoms with Crippen LogP contribution in [0.5, 0.6) is 5.75 Å². The minimum atomic E-state index is -0.798. The first-order valence-electron chi connectivity index (χ1n) is 13.4. The summed E-state index contributed by atoms with van der Waals surface area (Å²) >= 11 is 19.3. The van der Waals surface area contributed by atoms with Crippen LogP contribution in [0.3, 0.4) is 0 Å². The van der Waals surface area contributed by atoms with E-state index in [2.05, 4.69) is 10.2 Å². The highest BCUT2D eigenvalue weighted by atomic mass is 35.5. The quantitative estimate of drug-likeness (QED) is 0.216. The Balaban J connectivity index is 1.62. The van der Waals surface area contributed by atoms with Gasteiger partial charge in [-0.15, -0.1) is 0 Å². The van der Waals surface area contributed by atoms with Gasteiger partial charge in [-0.2, -0.15) is 0 Å². The van der Waals surface area contributed by atoms with E-state index in [9.17, 15) is 15.0 Å². The minimum Gasteiger partial charge on any atom is -0.514 e. The molecule has 41 heavy (non-hydrogen) atoms. The van der Waals surface area contributed by atoms with Crippen LogP contribution in [-0.4, -0.2) is 65.4 Å². The van der Waals surface area contributed by atoms with Gasteiger partial charge in [0.15, 0.2) is 0 Å². The van der Waals surface area contributed by atoms with E-state index >= 15 is 0 Å². The molecule has 1 saturated heterocycles. The van der Waals surface area contributed by atoms with Gasteiger partial charge in [0.25, 0.3) is 0 Å². The number of ether oxygens (including phenoxy) is 1. The molecule has 3 aromatic rings. The summed E-state index contributed by atoms with van der Waals surface area (Å²) in [5.41, 5.74) is 8.83. The van der Waals surface area contributed by atoms with Gasteiger partial charge in [-0.1, -0.05) is 46.9 Å². The zero-order chi connectivity index (χ0) is 29.4. The molecule has 8 nitrogen and oxygen atoms in total. The second-order valence-corrected chi connectivity index (χ2v) is 11.0. The highest BCUT2D eigenvalue weighted by Gasteiger charge is 2.26. The summed E-state index contributed by atoms with van der Waals surface area (Å²) in [6.45, 7) is 4.61. The number of hydrogen-bond acceptors (Lipinski definition) is 7. The third kappa shape index (κ3) is 8.05. The van der Waals surface area contributed by atoms with E-state index in [1.54, 1.807) is 48.5 Å². The number of hydrogen-bond donors (Lipinski definition) is 4. The lowest BCUT2D eigenvalue weighted by atomic mass is 9.90. The van der Waals surface area contributed by atoms with Crippen molar-refractivity contribution < 1.29 is 19.7 Å². The third-order valence-corrected chi connectivity index (χ3v) is 7.90. The number of aliphatic hydroxyl groups is 1. The molecular weight excluding hydrogens is 587 g/mol. The number of benzene rings is 2. The van der Waals surface area contributed by atoms with Gasteiger partial charge < -0.3 is 26.0 Å². The number of para-hydroxylation sites is 1. The Kier molecular flexibility index (Phi) is 11.1. The maximum atomic E-state index is 12.7. The van der Waals surface area contributed by atoms with Crippen molar-refractivity contribution in [3.05, 3.63) is 92.4 Å². The number of pyridine rings is 1. The van der Waals surface area contributed by atoms with E-state index in [-0.39, 0.29) is 28.8 Å². The predicted molar refractivity (Wildman–Crippen MR) is 163 cm³/mol. The van der Waals surface area contributed by atoms with Crippen molar-refractivity contribution in [3.63, 3.8) is 0 Å². The maximum absolute atomic E-state index is 12.7. The average molecular weight is 620 g/mol. The number of nitrogens with two attached hydrogens (primary N) is 1. The zero-order valence-electron chi connectivity index (χ0n) is 22.5. The Morgan fingerprint density at radius 1 is 1.10 bits per heavy atom. The van der Waals surface area contributed by atoms with E-state index in [4.69, 9.17) is 50.3 Å². The number of nitrogens with one attached hydrogen (secondary N) is 1. The average Bonchev–Trinajstić information content (AvgIpc) is 3.24. The molecule has 5 N–H and O–H groups in total. The van der Waals surface area contributed by atoms with E-state index in [0.717, 1.165) is 44.5 Å². The van der Waals surface area contributed by atoms with Crippen LogP contribution in [0.2, 0.25) is 15.1 Å². The van der Waals surface area contributed by atoms with Crippen molar-refractivity contribution in [2.24, 2.45) is 5.73 Å². The Bertz CT molecular complexity index is 1370. The van der Waals surface area contributed by atoms with Crippen LogP contribution in [0.25, 0.3) is 11.3 Å². The molecular formula is C30H33Cl3N4O4. The summed E-state index contributed by atoms with van der Waals surface area (Å²) in [6.07, 6.45) is 2.40. The predicted octanol–water partition coefficient (Wildman–Crippen LogP) is 5.68. The van der Waals surface area contributed by atoms with Crippen LogP contribution in [0.15, 0.2) is 60.5 Å². The van der Waals surface area contributed by atoms with Gasteiger partial charge in [-0.3, -0.25) is 14.7 Å². The molecule has 0 saturated carbocycles. The highest BCUT2D eigenvalue weighted by molar-refractivity contribution is 6.36. The first kappa shape index (κ1) is 30.9. The minimum absolute atomic E-state index is 0.0718. The molecule has 0 radical (unpaired) electrons. The number of aromatic nitrogens is 1. The number of aryl methyl sites for hydroxylation is 1. The SMILES string of the molecule is N/C(=C\O)C(c1cc(CCC(=O)NCCN2CCCOCC2)cc(-c2cccc(Cl)c2O)n1)c1c(Cl)cccc1Cl. The lowest BCUT2D eigenvalue weighted by molar-refractivity contribution is -0.121. The van der Waals surface area contributed by atoms with E-state index in [1.807, 2.05) is 0 Å². The lowest BCUT2D eigenvalue weighted by Crippen LogP contribution is -2.36. The Morgan fingerprint density at radius 2 is 1.83 bits per heavy atom. The smallest absolute Gasteiger partial charge is 0.220 e. The van der Waals surface area contributed by atoms with Gasteiger partial charge in [0, 0.05) is 60.4 Å². The van der Waals surface area contributed by atoms with Gasteiger partial charge in [0.2, 0.25) is 5.91 Å². The maximum Gasteiger partial charge on any atom is 0.220 e. The van der Waals surface area contributed by atoms with Crippen molar-refractivity contribution in [2.45, 2.75) is 25.2 Å². The van der Waals surface area contributed by atoms with Crippen LogP contribution in [0.1, 0.15) is 35.6 Å². The lowest BCUT2D eigenvalue weighted by Gasteiger charge is -2.21. The fraction of sp³-hybridized carbons (Fsp3) is 0.333. The number of carbonyl (C=O) groups is 1. The van der Waals surface area contributed by atoms with Crippen molar-refractivity contribution in [1.29, 1.82) is 0 Å². The Morgan fingerprint density at radius 3 is 2.59 bits per heavy atom. The molecule has 0 spiro atoms. The number of rotatable bonds is 10. The number of amides is 1. The fourth-order valence-electron chi connectivity index (χ4n) is 4.83. The summed E-state index contributed by atoms with van der Waals surface area (Å²) in [5.74, 6) is -1.01. The van der Waals surface area contributed by atoms with E-state index < -0.39 is 5.92 Å². The number of nitrogens with zero attached hydrogens (tertiary/aromatic N) is 2. The second-order valence-electron chi connectivity index (χ2n) is 9.78. The topological polar surface area (TPSA) is 121 Å². The van der Waals surface area contributed by atoms with Gasteiger partial charge in [0.05, 0.1) is 40.9 Å². The van der Waals surface area contributed by atoms with Crippen LogP contribution < -0.4 is 11.1 Å². The highest BCUT2D eigenvalue weighted by Crippen LogP contribution is 2.40.